The Morgan fingerprint density at radius 3 is 2.50 bits per heavy atom. The summed E-state index contributed by atoms with van der Waals surface area (Å²) in [5, 5.41) is 11.4. The van der Waals surface area contributed by atoms with Gasteiger partial charge in [-0.15, -0.1) is 0 Å². The fourth-order valence-electron chi connectivity index (χ4n) is 1.02. The van der Waals surface area contributed by atoms with Crippen molar-refractivity contribution in [2.24, 2.45) is 0 Å². The molecule has 0 radical (unpaired) electrons. The second-order valence-corrected chi connectivity index (χ2v) is 2.70. The summed E-state index contributed by atoms with van der Waals surface area (Å²) in [4.78, 5) is 25.5. The van der Waals surface area contributed by atoms with E-state index in [4.69, 9.17) is 5.11 Å². The molecule has 0 bridgehead atoms. The van der Waals surface area contributed by atoms with Crippen LogP contribution in [0.25, 0.3) is 0 Å². The second kappa shape index (κ2) is 3.87. The highest BCUT2D eigenvalue weighted by Crippen LogP contribution is 2.13. The number of Topliss-reactive ketones (excluding diaryl/α,β-unsaturated/α-hetero) is 1. The monoisotopic (exact) mass is 194 g/mol. The zero-order valence-electron chi connectivity index (χ0n) is 7.87. The number of nitrogens with one attached hydrogen (secondary N) is 1. The van der Waals surface area contributed by atoms with Gasteiger partial charge in [-0.2, -0.15) is 0 Å². The molecule has 5 nitrogen and oxygen atoms in total. The summed E-state index contributed by atoms with van der Waals surface area (Å²) in [5.74, 6) is -1.07. The minimum Gasteiger partial charge on any atom is -0.478 e. The van der Waals surface area contributed by atoms with Gasteiger partial charge in [0.05, 0.1) is 0 Å². The largest absolute Gasteiger partial charge is 0.478 e. The Morgan fingerprint density at radius 1 is 1.43 bits per heavy atom. The third-order valence-corrected chi connectivity index (χ3v) is 1.72. The van der Waals surface area contributed by atoms with E-state index in [2.05, 4.69) is 10.3 Å². The molecule has 0 atom stereocenters. The van der Waals surface area contributed by atoms with Crippen molar-refractivity contribution >= 4 is 17.6 Å². The maximum Gasteiger partial charge on any atom is 0.339 e. The maximum absolute atomic E-state index is 11.0. The third-order valence-electron chi connectivity index (χ3n) is 1.72. The van der Waals surface area contributed by atoms with Crippen LogP contribution < -0.4 is 5.32 Å². The van der Waals surface area contributed by atoms with Crippen molar-refractivity contribution in [3.8, 4) is 0 Å². The zero-order valence-corrected chi connectivity index (χ0v) is 7.87. The zero-order chi connectivity index (χ0) is 10.7. The van der Waals surface area contributed by atoms with E-state index in [1.54, 1.807) is 7.05 Å². The van der Waals surface area contributed by atoms with E-state index >= 15 is 0 Å². The lowest BCUT2D eigenvalue weighted by Crippen LogP contribution is -2.08. The van der Waals surface area contributed by atoms with Crippen LogP contribution in [0, 0.1) is 0 Å². The van der Waals surface area contributed by atoms with Crippen LogP contribution in [-0.2, 0) is 0 Å². The summed E-state index contributed by atoms with van der Waals surface area (Å²) in [6.45, 7) is 1.38. The number of carbonyl (C=O) groups excluding carboxylic acids is 1. The van der Waals surface area contributed by atoms with Crippen LogP contribution in [0.5, 0.6) is 0 Å². The molecule has 1 heterocycles. The van der Waals surface area contributed by atoms with E-state index in [-0.39, 0.29) is 22.9 Å². The lowest BCUT2D eigenvalue weighted by Gasteiger charge is -2.04. The first kappa shape index (κ1) is 10.2. The van der Waals surface area contributed by atoms with Gasteiger partial charge < -0.3 is 10.4 Å². The summed E-state index contributed by atoms with van der Waals surface area (Å²) in [6.07, 6.45) is 0. The number of anilines is 1. The van der Waals surface area contributed by atoms with Gasteiger partial charge >= 0.3 is 5.97 Å². The molecular formula is C9H10N2O3. The Balaban J connectivity index is 3.25. The Bertz CT molecular complexity index is 388. The SMILES string of the molecule is CNc1nc(C(C)=O)ccc1C(=O)O. The van der Waals surface area contributed by atoms with E-state index in [1.165, 1.54) is 19.1 Å². The van der Waals surface area contributed by atoms with Crippen molar-refractivity contribution in [2.75, 3.05) is 12.4 Å². The molecule has 2 N–H and O–H groups in total. The van der Waals surface area contributed by atoms with E-state index in [0.29, 0.717) is 0 Å². The predicted molar refractivity (Wildman–Crippen MR) is 50.7 cm³/mol. The average molecular weight is 194 g/mol. The number of pyridine rings is 1. The number of hydrogen-bond acceptors (Lipinski definition) is 4. The first-order valence-corrected chi connectivity index (χ1v) is 3.99. The molecular weight excluding hydrogens is 184 g/mol. The summed E-state index contributed by atoms with van der Waals surface area (Å²) in [6, 6.07) is 2.75. The number of carbonyl (C=O) groups is 2. The van der Waals surface area contributed by atoms with Gasteiger partial charge in [0.1, 0.15) is 17.1 Å². The van der Waals surface area contributed by atoms with Gasteiger partial charge in [0.2, 0.25) is 0 Å². The molecule has 0 saturated heterocycles. The van der Waals surface area contributed by atoms with Crippen molar-refractivity contribution in [2.45, 2.75) is 6.92 Å². The van der Waals surface area contributed by atoms with Crippen LogP contribution in [-0.4, -0.2) is 28.9 Å². The van der Waals surface area contributed by atoms with Crippen molar-refractivity contribution < 1.29 is 14.7 Å². The van der Waals surface area contributed by atoms with Gasteiger partial charge in [-0.1, -0.05) is 0 Å². The Morgan fingerprint density at radius 2 is 2.07 bits per heavy atom. The van der Waals surface area contributed by atoms with Crippen LogP contribution in [0.1, 0.15) is 27.8 Å². The standard InChI is InChI=1S/C9H10N2O3/c1-5(12)7-4-3-6(9(13)14)8(10-2)11-7/h3-4H,1-2H3,(H,10,11)(H,13,14). The minimum absolute atomic E-state index is 0.0532. The maximum atomic E-state index is 11.0. The average Bonchev–Trinajstić information content (AvgIpc) is 2.16. The number of carboxylic acid groups (broad SMARTS) is 1. The fourth-order valence-corrected chi connectivity index (χ4v) is 1.02. The van der Waals surface area contributed by atoms with Crippen LogP contribution >= 0.6 is 0 Å². The molecule has 1 aromatic heterocycles. The van der Waals surface area contributed by atoms with E-state index in [1.807, 2.05) is 0 Å². The first-order valence-electron chi connectivity index (χ1n) is 3.99. The van der Waals surface area contributed by atoms with E-state index in [0.717, 1.165) is 0 Å². The highest BCUT2D eigenvalue weighted by molar-refractivity contribution is 5.96. The lowest BCUT2D eigenvalue weighted by molar-refractivity contribution is 0.0697. The Hall–Kier alpha value is -1.91. The number of hydrogen-bond donors (Lipinski definition) is 2. The van der Waals surface area contributed by atoms with Crippen molar-refractivity contribution in [3.05, 3.63) is 23.4 Å². The van der Waals surface area contributed by atoms with Gasteiger partial charge in [0.15, 0.2) is 5.78 Å². The molecule has 5 heteroatoms. The normalized spacial score (nSPS) is 9.57. The van der Waals surface area contributed by atoms with E-state index in [9.17, 15) is 9.59 Å². The minimum atomic E-state index is -1.07. The highest BCUT2D eigenvalue weighted by Gasteiger charge is 2.12. The number of ketones is 1. The van der Waals surface area contributed by atoms with Gasteiger partial charge in [-0.25, -0.2) is 9.78 Å². The molecule has 14 heavy (non-hydrogen) atoms. The summed E-state index contributed by atoms with van der Waals surface area (Å²) in [7, 11) is 1.55. The molecule has 0 fully saturated rings. The third kappa shape index (κ3) is 1.87. The molecule has 0 saturated carbocycles. The molecule has 0 spiro atoms. The van der Waals surface area contributed by atoms with Gasteiger partial charge in [-0.3, -0.25) is 4.79 Å². The molecule has 0 aromatic carbocycles. The molecule has 0 aliphatic carbocycles. The molecule has 0 aliphatic rings. The Labute approximate surface area is 80.8 Å². The van der Waals surface area contributed by atoms with Crippen LogP contribution in [0.15, 0.2) is 12.1 Å². The molecule has 74 valence electrons. The number of rotatable bonds is 3. The van der Waals surface area contributed by atoms with Crippen LogP contribution in [0.3, 0.4) is 0 Å². The van der Waals surface area contributed by atoms with Gasteiger partial charge in [0, 0.05) is 14.0 Å². The molecule has 0 amide bonds. The van der Waals surface area contributed by atoms with Crippen molar-refractivity contribution in [1.82, 2.24) is 4.98 Å². The second-order valence-electron chi connectivity index (χ2n) is 2.70. The molecule has 1 aromatic rings. The number of aromatic carboxylic acids is 1. The molecule has 0 unspecified atom stereocenters. The molecule has 1 rings (SSSR count). The quantitative estimate of drug-likeness (QED) is 0.702. The van der Waals surface area contributed by atoms with Gasteiger partial charge in [0.25, 0.3) is 0 Å². The Kier molecular flexibility index (Phi) is 2.81. The molecule has 0 aliphatic heterocycles. The van der Waals surface area contributed by atoms with Crippen molar-refractivity contribution in [3.63, 3.8) is 0 Å². The number of nitrogens with zero attached hydrogens (tertiary/aromatic N) is 1. The predicted octanol–water partition coefficient (Wildman–Crippen LogP) is 1.02. The summed E-state index contributed by atoms with van der Waals surface area (Å²) in [5.41, 5.74) is 0.303. The summed E-state index contributed by atoms with van der Waals surface area (Å²) >= 11 is 0. The number of aromatic nitrogens is 1. The van der Waals surface area contributed by atoms with E-state index < -0.39 is 5.97 Å². The number of carboxylic acids is 1. The van der Waals surface area contributed by atoms with Gasteiger partial charge in [-0.05, 0) is 12.1 Å². The van der Waals surface area contributed by atoms with Crippen LogP contribution in [0.2, 0.25) is 0 Å². The highest BCUT2D eigenvalue weighted by atomic mass is 16.4. The lowest BCUT2D eigenvalue weighted by atomic mass is 10.2. The smallest absolute Gasteiger partial charge is 0.339 e. The summed E-state index contributed by atoms with van der Waals surface area (Å²) < 4.78 is 0. The van der Waals surface area contributed by atoms with Crippen LogP contribution in [0.4, 0.5) is 5.82 Å². The first-order chi connectivity index (χ1) is 6.56. The van der Waals surface area contributed by atoms with Crippen molar-refractivity contribution in [1.29, 1.82) is 0 Å². The fraction of sp³-hybridized carbons (Fsp3) is 0.222. The topological polar surface area (TPSA) is 79.3 Å².